The van der Waals surface area contributed by atoms with E-state index in [1.54, 1.807) is 17.0 Å². The number of carbonyl (C=O) groups excluding carboxylic acids is 1. The molecule has 0 aliphatic rings. The Morgan fingerprint density at radius 1 is 1.20 bits per heavy atom. The largest absolute Gasteiger partial charge is 0.481 e. The Balaban J connectivity index is 2.61. The predicted molar refractivity (Wildman–Crippen MR) is 78.9 cm³/mol. The summed E-state index contributed by atoms with van der Waals surface area (Å²) in [6, 6.07) is 7.13. The average Bonchev–Trinajstić information content (AvgIpc) is 2.41. The molecule has 1 rings (SSSR count). The topological polar surface area (TPSA) is 57.6 Å². The Hall–Kier alpha value is -1.55. The maximum Gasteiger partial charge on any atom is 0.305 e. The van der Waals surface area contributed by atoms with Crippen LogP contribution in [-0.2, 0) is 16.0 Å². The summed E-state index contributed by atoms with van der Waals surface area (Å²) in [5.74, 6) is -0.923. The molecule has 0 bridgehead atoms. The number of nitrogens with zero attached hydrogens (tertiary/aromatic N) is 1. The van der Waals surface area contributed by atoms with Gasteiger partial charge in [-0.05, 0) is 24.1 Å². The second-order valence-corrected chi connectivity index (χ2v) is 5.12. The van der Waals surface area contributed by atoms with Gasteiger partial charge in [0.2, 0.25) is 5.91 Å². The molecule has 20 heavy (non-hydrogen) atoms. The number of unbranched alkanes of at least 4 members (excludes halogenated alkanes) is 1. The van der Waals surface area contributed by atoms with E-state index in [-0.39, 0.29) is 25.3 Å². The predicted octanol–water partition coefficient (Wildman–Crippen LogP) is 2.99. The van der Waals surface area contributed by atoms with Crippen LogP contribution in [0.4, 0.5) is 0 Å². The van der Waals surface area contributed by atoms with Crippen molar-refractivity contribution in [1.29, 1.82) is 0 Å². The van der Waals surface area contributed by atoms with Crippen LogP contribution in [0.15, 0.2) is 24.3 Å². The molecule has 5 heteroatoms. The molecule has 0 aliphatic heterocycles. The molecule has 0 atom stereocenters. The van der Waals surface area contributed by atoms with Gasteiger partial charge in [0, 0.05) is 18.1 Å². The van der Waals surface area contributed by atoms with Crippen molar-refractivity contribution < 1.29 is 14.7 Å². The zero-order valence-corrected chi connectivity index (χ0v) is 12.4. The molecular weight excluding hydrogens is 278 g/mol. The molecule has 1 N–H and O–H groups in total. The van der Waals surface area contributed by atoms with Crippen molar-refractivity contribution in [2.24, 2.45) is 0 Å². The van der Waals surface area contributed by atoms with E-state index in [9.17, 15) is 9.59 Å². The second kappa shape index (κ2) is 8.59. The van der Waals surface area contributed by atoms with Crippen LogP contribution in [0.5, 0.6) is 0 Å². The Kier molecular flexibility index (Phi) is 7.09. The zero-order valence-electron chi connectivity index (χ0n) is 11.6. The van der Waals surface area contributed by atoms with E-state index in [1.165, 1.54) is 0 Å². The van der Waals surface area contributed by atoms with Crippen LogP contribution in [0.1, 0.15) is 31.7 Å². The third-order valence-electron chi connectivity index (χ3n) is 3.00. The van der Waals surface area contributed by atoms with Crippen molar-refractivity contribution in [2.45, 2.75) is 32.6 Å². The Labute approximate surface area is 124 Å². The summed E-state index contributed by atoms with van der Waals surface area (Å²) in [6.07, 6.45) is 2.11. The molecule has 0 aromatic heterocycles. The third kappa shape index (κ3) is 6.06. The molecule has 0 spiro atoms. The summed E-state index contributed by atoms with van der Waals surface area (Å²) in [5, 5.41) is 9.37. The molecular formula is C15H20ClNO3. The number of aliphatic carboxylic acids is 1. The zero-order chi connectivity index (χ0) is 15.0. The number of rotatable bonds is 8. The van der Waals surface area contributed by atoms with Gasteiger partial charge in [-0.1, -0.05) is 37.1 Å². The van der Waals surface area contributed by atoms with E-state index in [0.29, 0.717) is 11.6 Å². The summed E-state index contributed by atoms with van der Waals surface area (Å²) in [7, 11) is 0. The van der Waals surface area contributed by atoms with Crippen LogP contribution in [0, 0.1) is 0 Å². The summed E-state index contributed by atoms with van der Waals surface area (Å²) in [6.45, 7) is 2.91. The molecule has 4 nitrogen and oxygen atoms in total. The van der Waals surface area contributed by atoms with E-state index < -0.39 is 5.97 Å². The fourth-order valence-electron chi connectivity index (χ4n) is 1.83. The van der Waals surface area contributed by atoms with Crippen molar-refractivity contribution in [2.75, 3.05) is 13.1 Å². The molecule has 110 valence electrons. The van der Waals surface area contributed by atoms with Gasteiger partial charge in [-0.3, -0.25) is 9.59 Å². The van der Waals surface area contributed by atoms with Crippen molar-refractivity contribution >= 4 is 23.5 Å². The van der Waals surface area contributed by atoms with Gasteiger partial charge in [0.05, 0.1) is 12.8 Å². The number of hydrogen-bond donors (Lipinski definition) is 1. The van der Waals surface area contributed by atoms with Crippen LogP contribution in [0.2, 0.25) is 5.02 Å². The van der Waals surface area contributed by atoms with Gasteiger partial charge in [0.15, 0.2) is 0 Å². The Morgan fingerprint density at radius 2 is 1.85 bits per heavy atom. The maximum atomic E-state index is 12.2. The van der Waals surface area contributed by atoms with Gasteiger partial charge in [0.1, 0.15) is 0 Å². The smallest absolute Gasteiger partial charge is 0.305 e. The highest BCUT2D eigenvalue weighted by Gasteiger charge is 2.14. The lowest BCUT2D eigenvalue weighted by atomic mass is 10.1. The van der Waals surface area contributed by atoms with Gasteiger partial charge in [-0.2, -0.15) is 0 Å². The highest BCUT2D eigenvalue weighted by molar-refractivity contribution is 6.30. The van der Waals surface area contributed by atoms with Crippen LogP contribution in [-0.4, -0.2) is 35.0 Å². The van der Waals surface area contributed by atoms with E-state index in [2.05, 4.69) is 0 Å². The summed E-state index contributed by atoms with van der Waals surface area (Å²) in [4.78, 5) is 24.5. The first-order valence-electron chi connectivity index (χ1n) is 6.77. The fourth-order valence-corrected chi connectivity index (χ4v) is 1.96. The number of benzene rings is 1. The highest BCUT2D eigenvalue weighted by Crippen LogP contribution is 2.11. The molecule has 0 saturated heterocycles. The molecule has 0 heterocycles. The number of hydrogen-bond acceptors (Lipinski definition) is 2. The molecule has 0 saturated carbocycles. The minimum atomic E-state index is -0.884. The first-order valence-corrected chi connectivity index (χ1v) is 7.14. The maximum absolute atomic E-state index is 12.2. The number of halogens is 1. The lowest BCUT2D eigenvalue weighted by Crippen LogP contribution is -2.35. The number of amides is 1. The molecule has 0 radical (unpaired) electrons. The van der Waals surface area contributed by atoms with Gasteiger partial charge in [-0.15, -0.1) is 0 Å². The standard InChI is InChI=1S/C15H20ClNO3/c1-2-3-9-17(10-8-15(19)20)14(18)11-12-4-6-13(16)7-5-12/h4-7H,2-3,8-11H2,1H3,(H,19,20). The first kappa shape index (κ1) is 16.5. The van der Waals surface area contributed by atoms with Gasteiger partial charge < -0.3 is 10.0 Å². The van der Waals surface area contributed by atoms with E-state index in [1.807, 2.05) is 19.1 Å². The Morgan fingerprint density at radius 3 is 2.40 bits per heavy atom. The quantitative estimate of drug-likeness (QED) is 0.802. The monoisotopic (exact) mass is 297 g/mol. The summed E-state index contributed by atoms with van der Waals surface area (Å²) in [5.41, 5.74) is 0.885. The van der Waals surface area contributed by atoms with Crippen molar-refractivity contribution in [3.05, 3.63) is 34.9 Å². The van der Waals surface area contributed by atoms with Crippen LogP contribution in [0.3, 0.4) is 0 Å². The van der Waals surface area contributed by atoms with Crippen molar-refractivity contribution in [3.63, 3.8) is 0 Å². The highest BCUT2D eigenvalue weighted by atomic mass is 35.5. The fraction of sp³-hybridized carbons (Fsp3) is 0.467. The van der Waals surface area contributed by atoms with Crippen LogP contribution in [0.25, 0.3) is 0 Å². The number of carbonyl (C=O) groups is 2. The van der Waals surface area contributed by atoms with E-state index >= 15 is 0 Å². The molecule has 1 amide bonds. The van der Waals surface area contributed by atoms with Crippen LogP contribution < -0.4 is 0 Å². The van der Waals surface area contributed by atoms with E-state index in [4.69, 9.17) is 16.7 Å². The van der Waals surface area contributed by atoms with Crippen molar-refractivity contribution in [1.82, 2.24) is 4.90 Å². The minimum Gasteiger partial charge on any atom is -0.481 e. The minimum absolute atomic E-state index is 0.0178. The third-order valence-corrected chi connectivity index (χ3v) is 3.25. The molecule has 0 aliphatic carbocycles. The first-order chi connectivity index (χ1) is 9.52. The summed E-state index contributed by atoms with van der Waals surface area (Å²) >= 11 is 5.80. The average molecular weight is 298 g/mol. The lowest BCUT2D eigenvalue weighted by Gasteiger charge is -2.22. The molecule has 0 unspecified atom stereocenters. The van der Waals surface area contributed by atoms with Crippen molar-refractivity contribution in [3.8, 4) is 0 Å². The molecule has 1 aromatic rings. The van der Waals surface area contributed by atoms with Gasteiger partial charge >= 0.3 is 5.97 Å². The van der Waals surface area contributed by atoms with Gasteiger partial charge in [-0.25, -0.2) is 0 Å². The normalized spacial score (nSPS) is 10.3. The molecule has 0 fully saturated rings. The second-order valence-electron chi connectivity index (χ2n) is 4.68. The van der Waals surface area contributed by atoms with Crippen LogP contribution >= 0.6 is 11.6 Å². The van der Waals surface area contributed by atoms with Gasteiger partial charge in [0.25, 0.3) is 0 Å². The lowest BCUT2D eigenvalue weighted by molar-refractivity contribution is -0.138. The van der Waals surface area contributed by atoms with E-state index in [0.717, 1.165) is 18.4 Å². The Bertz CT molecular complexity index is 445. The SMILES string of the molecule is CCCCN(CCC(=O)O)C(=O)Cc1ccc(Cl)cc1. The molecule has 1 aromatic carbocycles. The summed E-state index contributed by atoms with van der Waals surface area (Å²) < 4.78 is 0. The number of carboxylic acid groups (broad SMARTS) is 1. The number of carboxylic acids is 1.